The molecule has 0 saturated heterocycles. The van der Waals surface area contributed by atoms with E-state index in [1.807, 2.05) is 37.3 Å². The van der Waals surface area contributed by atoms with Crippen molar-refractivity contribution in [2.45, 2.75) is 33.1 Å². The lowest BCUT2D eigenvalue weighted by atomic mass is 9.86. The number of aromatic nitrogens is 1. The first-order valence-corrected chi connectivity index (χ1v) is 7.81. The van der Waals surface area contributed by atoms with Crippen LogP contribution in [0.4, 0.5) is 5.69 Å². The predicted molar refractivity (Wildman–Crippen MR) is 97.1 cm³/mol. The molecule has 0 amide bonds. The van der Waals surface area contributed by atoms with Gasteiger partial charge in [-0.2, -0.15) is 0 Å². The molecule has 3 nitrogen and oxygen atoms in total. The van der Waals surface area contributed by atoms with Crippen molar-refractivity contribution >= 4 is 22.8 Å². The summed E-state index contributed by atoms with van der Waals surface area (Å²) >= 11 is 0. The van der Waals surface area contributed by atoms with E-state index in [-0.39, 0.29) is 11.3 Å². The highest BCUT2D eigenvalue weighted by molar-refractivity contribution is 6.02. The number of H-pyrrole nitrogens is 1. The molecule has 118 valence electrons. The summed E-state index contributed by atoms with van der Waals surface area (Å²) in [5, 5.41) is 11.2. The van der Waals surface area contributed by atoms with E-state index in [1.165, 1.54) is 5.56 Å². The fourth-order valence-corrected chi connectivity index (χ4v) is 2.80. The van der Waals surface area contributed by atoms with Gasteiger partial charge in [0.25, 0.3) is 0 Å². The van der Waals surface area contributed by atoms with E-state index in [1.54, 1.807) is 6.21 Å². The average Bonchev–Trinajstić information content (AvgIpc) is 2.79. The van der Waals surface area contributed by atoms with Crippen LogP contribution in [0.2, 0.25) is 0 Å². The van der Waals surface area contributed by atoms with E-state index in [9.17, 15) is 5.11 Å². The number of hydrogen-bond donors (Lipinski definition) is 2. The number of aliphatic imine (C=N–C) groups is 1. The van der Waals surface area contributed by atoms with Crippen molar-refractivity contribution in [3.63, 3.8) is 0 Å². The van der Waals surface area contributed by atoms with E-state index in [0.29, 0.717) is 0 Å². The van der Waals surface area contributed by atoms with Gasteiger partial charge in [0.15, 0.2) is 5.88 Å². The minimum absolute atomic E-state index is 0.0206. The summed E-state index contributed by atoms with van der Waals surface area (Å²) in [5.74, 6) is 0.155. The van der Waals surface area contributed by atoms with Gasteiger partial charge in [-0.3, -0.25) is 4.99 Å². The van der Waals surface area contributed by atoms with Crippen molar-refractivity contribution < 1.29 is 5.11 Å². The maximum atomic E-state index is 10.2. The van der Waals surface area contributed by atoms with E-state index >= 15 is 0 Å². The zero-order valence-corrected chi connectivity index (χ0v) is 14.0. The summed E-state index contributed by atoms with van der Waals surface area (Å²) in [5.41, 5.74) is 4.94. The van der Waals surface area contributed by atoms with Crippen LogP contribution in [-0.4, -0.2) is 16.3 Å². The second kappa shape index (κ2) is 5.58. The third-order valence-electron chi connectivity index (χ3n) is 4.02. The van der Waals surface area contributed by atoms with Crippen LogP contribution in [0.3, 0.4) is 0 Å². The highest BCUT2D eigenvalue weighted by Gasteiger charge is 2.17. The summed E-state index contributed by atoms with van der Waals surface area (Å²) in [6.45, 7) is 8.56. The number of benzene rings is 2. The summed E-state index contributed by atoms with van der Waals surface area (Å²) in [6.07, 6.45) is 1.75. The van der Waals surface area contributed by atoms with Crippen LogP contribution in [-0.2, 0) is 5.41 Å². The number of nitrogens with zero attached hydrogens (tertiary/aromatic N) is 1. The van der Waals surface area contributed by atoms with Crippen LogP contribution in [0, 0.1) is 6.92 Å². The van der Waals surface area contributed by atoms with Gasteiger partial charge in [-0.1, -0.05) is 50.6 Å². The molecule has 0 aliphatic rings. The van der Waals surface area contributed by atoms with E-state index in [4.69, 9.17) is 0 Å². The largest absolute Gasteiger partial charge is 0.494 e. The van der Waals surface area contributed by atoms with Crippen LogP contribution < -0.4 is 0 Å². The molecule has 0 spiro atoms. The minimum Gasteiger partial charge on any atom is -0.494 e. The molecule has 0 aliphatic heterocycles. The Bertz CT molecular complexity index is 882. The van der Waals surface area contributed by atoms with Gasteiger partial charge < -0.3 is 10.1 Å². The van der Waals surface area contributed by atoms with Crippen LogP contribution >= 0.6 is 0 Å². The Labute approximate surface area is 136 Å². The first-order chi connectivity index (χ1) is 10.9. The summed E-state index contributed by atoms with van der Waals surface area (Å²) in [4.78, 5) is 7.65. The SMILES string of the molecule is Cc1ccc2[nH]c(O)c(C=Nc3ccccc3C(C)(C)C)c2c1. The van der Waals surface area contributed by atoms with Gasteiger partial charge in [-0.05, 0) is 36.1 Å². The molecule has 1 aromatic heterocycles. The number of fused-ring (bicyclic) bond motifs is 1. The van der Waals surface area contributed by atoms with Crippen molar-refractivity contribution in [2.75, 3.05) is 0 Å². The van der Waals surface area contributed by atoms with Crippen molar-refractivity contribution in [2.24, 2.45) is 4.99 Å². The smallest absolute Gasteiger partial charge is 0.198 e. The van der Waals surface area contributed by atoms with Gasteiger partial charge in [0, 0.05) is 17.1 Å². The molecule has 0 unspecified atom stereocenters. The quantitative estimate of drug-likeness (QED) is 0.626. The molecule has 3 rings (SSSR count). The van der Waals surface area contributed by atoms with Gasteiger partial charge in [-0.25, -0.2) is 0 Å². The molecule has 23 heavy (non-hydrogen) atoms. The number of aryl methyl sites for hydroxylation is 1. The second-order valence-electron chi connectivity index (χ2n) is 6.96. The molecule has 0 saturated carbocycles. The number of hydrogen-bond acceptors (Lipinski definition) is 2. The van der Waals surface area contributed by atoms with Gasteiger partial charge in [0.1, 0.15) is 0 Å². The molecule has 2 aromatic carbocycles. The fraction of sp³-hybridized carbons (Fsp3) is 0.250. The standard InChI is InChI=1S/C20H22N2O/c1-13-9-10-17-14(11-13)15(19(23)22-17)12-21-18-8-6-5-7-16(18)20(2,3)4/h5-12,22-23H,1-4H3. The predicted octanol–water partition coefficient (Wildman–Crippen LogP) is 5.23. The Kier molecular flexibility index (Phi) is 3.72. The molecule has 0 bridgehead atoms. The first kappa shape index (κ1) is 15.3. The first-order valence-electron chi connectivity index (χ1n) is 7.81. The molecular weight excluding hydrogens is 284 g/mol. The lowest BCUT2D eigenvalue weighted by Crippen LogP contribution is -2.11. The number of aromatic amines is 1. The molecule has 0 atom stereocenters. The minimum atomic E-state index is 0.0206. The molecular formula is C20H22N2O. The molecule has 2 N–H and O–H groups in total. The summed E-state index contributed by atoms with van der Waals surface area (Å²) in [6, 6.07) is 14.2. The molecule has 0 aliphatic carbocycles. The molecule has 0 radical (unpaired) electrons. The highest BCUT2D eigenvalue weighted by atomic mass is 16.3. The van der Waals surface area contributed by atoms with Crippen molar-refractivity contribution in [3.8, 4) is 5.88 Å². The maximum Gasteiger partial charge on any atom is 0.198 e. The average molecular weight is 306 g/mol. The van der Waals surface area contributed by atoms with Gasteiger partial charge in [-0.15, -0.1) is 0 Å². The van der Waals surface area contributed by atoms with Gasteiger partial charge >= 0.3 is 0 Å². The van der Waals surface area contributed by atoms with Crippen molar-refractivity contribution in [1.82, 2.24) is 4.98 Å². The fourth-order valence-electron chi connectivity index (χ4n) is 2.80. The van der Waals surface area contributed by atoms with Crippen molar-refractivity contribution in [1.29, 1.82) is 0 Å². The van der Waals surface area contributed by atoms with E-state index < -0.39 is 0 Å². The lowest BCUT2D eigenvalue weighted by Gasteiger charge is -2.20. The maximum absolute atomic E-state index is 10.2. The Balaban J connectivity index is 2.08. The normalized spacial score (nSPS) is 12.3. The summed E-state index contributed by atoms with van der Waals surface area (Å²) in [7, 11) is 0. The number of para-hydroxylation sites is 1. The topological polar surface area (TPSA) is 48.4 Å². The van der Waals surface area contributed by atoms with Crippen molar-refractivity contribution in [3.05, 3.63) is 59.2 Å². The molecule has 0 fully saturated rings. The Morgan fingerprint density at radius 3 is 2.57 bits per heavy atom. The summed E-state index contributed by atoms with van der Waals surface area (Å²) < 4.78 is 0. The van der Waals surface area contributed by atoms with Gasteiger partial charge in [0.2, 0.25) is 0 Å². The third kappa shape index (κ3) is 3.00. The third-order valence-corrected chi connectivity index (χ3v) is 4.02. The second-order valence-corrected chi connectivity index (χ2v) is 6.96. The molecule has 3 aromatic rings. The number of nitrogens with one attached hydrogen (secondary N) is 1. The van der Waals surface area contributed by atoms with E-state index in [0.717, 1.165) is 27.7 Å². The zero-order valence-electron chi connectivity index (χ0n) is 14.0. The van der Waals surface area contributed by atoms with Crippen LogP contribution in [0.15, 0.2) is 47.5 Å². The lowest BCUT2D eigenvalue weighted by molar-refractivity contribution is 0.457. The number of aromatic hydroxyl groups is 1. The highest BCUT2D eigenvalue weighted by Crippen LogP contribution is 2.32. The van der Waals surface area contributed by atoms with Crippen LogP contribution in [0.1, 0.15) is 37.5 Å². The Hall–Kier alpha value is -2.55. The van der Waals surface area contributed by atoms with Crippen LogP contribution in [0.25, 0.3) is 10.9 Å². The van der Waals surface area contributed by atoms with E-state index in [2.05, 4.69) is 42.9 Å². The monoisotopic (exact) mass is 306 g/mol. The van der Waals surface area contributed by atoms with Gasteiger partial charge in [0.05, 0.1) is 11.3 Å². The zero-order chi connectivity index (χ0) is 16.6. The molecule has 1 heterocycles. The Morgan fingerprint density at radius 1 is 1.09 bits per heavy atom. The Morgan fingerprint density at radius 2 is 1.83 bits per heavy atom. The van der Waals surface area contributed by atoms with Crippen LogP contribution in [0.5, 0.6) is 5.88 Å². The number of rotatable bonds is 2. The molecule has 3 heteroatoms.